The van der Waals surface area contributed by atoms with Gasteiger partial charge in [-0.3, -0.25) is 4.79 Å². The van der Waals surface area contributed by atoms with E-state index in [0.29, 0.717) is 10.6 Å². The molecular formula is C11H7BrClFN2O. The van der Waals surface area contributed by atoms with Gasteiger partial charge < -0.3 is 4.98 Å². The minimum atomic E-state index is -0.873. The molecule has 2 aromatic rings. The van der Waals surface area contributed by atoms with Crippen LogP contribution >= 0.6 is 27.5 Å². The molecule has 0 aliphatic rings. The third-order valence-electron chi connectivity index (χ3n) is 2.21. The van der Waals surface area contributed by atoms with E-state index in [1.807, 2.05) is 0 Å². The maximum Gasteiger partial charge on any atom is 0.287 e. The molecule has 3 nitrogen and oxygen atoms in total. The SMILES string of the molecule is Cc1nc(-c2ccc(Br)cc2Cl)[nH]c(=O)c1F. The first kappa shape index (κ1) is 12.3. The van der Waals surface area contributed by atoms with Crippen LogP contribution in [0.5, 0.6) is 0 Å². The van der Waals surface area contributed by atoms with Crippen LogP contribution in [-0.4, -0.2) is 9.97 Å². The Labute approximate surface area is 110 Å². The monoisotopic (exact) mass is 316 g/mol. The first-order valence-electron chi connectivity index (χ1n) is 4.71. The Balaban J connectivity index is 2.65. The quantitative estimate of drug-likeness (QED) is 0.877. The van der Waals surface area contributed by atoms with E-state index < -0.39 is 11.4 Å². The number of aromatic nitrogens is 2. The number of nitrogens with zero attached hydrogens (tertiary/aromatic N) is 1. The summed E-state index contributed by atoms with van der Waals surface area (Å²) < 4.78 is 14.0. The molecule has 0 fully saturated rings. The Kier molecular flexibility index (Phi) is 3.31. The van der Waals surface area contributed by atoms with Gasteiger partial charge in [0.05, 0.1) is 10.7 Å². The first-order chi connectivity index (χ1) is 7.99. The number of H-pyrrole nitrogens is 1. The maximum atomic E-state index is 13.1. The standard InChI is InChI=1S/C11H7BrClFN2O/c1-5-9(14)11(17)16-10(15-5)7-3-2-6(12)4-8(7)13/h2-4H,1H3,(H,15,16,17). The Morgan fingerprint density at radius 1 is 1.47 bits per heavy atom. The van der Waals surface area contributed by atoms with Crippen LogP contribution in [0.15, 0.2) is 27.5 Å². The van der Waals surface area contributed by atoms with Crippen LogP contribution in [0.25, 0.3) is 11.4 Å². The van der Waals surface area contributed by atoms with Gasteiger partial charge in [-0.05, 0) is 25.1 Å². The van der Waals surface area contributed by atoms with E-state index in [0.717, 1.165) is 4.47 Å². The largest absolute Gasteiger partial charge is 0.304 e. The third kappa shape index (κ3) is 2.40. The molecule has 0 atom stereocenters. The predicted octanol–water partition coefficient (Wildman–Crippen LogP) is 3.30. The fourth-order valence-corrected chi connectivity index (χ4v) is 2.14. The molecule has 0 amide bonds. The maximum absolute atomic E-state index is 13.1. The summed E-state index contributed by atoms with van der Waals surface area (Å²) in [6.07, 6.45) is 0. The average molecular weight is 318 g/mol. The van der Waals surface area contributed by atoms with Gasteiger partial charge in [0.15, 0.2) is 0 Å². The predicted molar refractivity (Wildman–Crippen MR) is 67.7 cm³/mol. The van der Waals surface area contributed by atoms with Crippen molar-refractivity contribution in [2.75, 3.05) is 0 Å². The van der Waals surface area contributed by atoms with Crippen molar-refractivity contribution in [3.8, 4) is 11.4 Å². The van der Waals surface area contributed by atoms with Gasteiger partial charge >= 0.3 is 0 Å². The molecule has 0 aliphatic heterocycles. The van der Waals surface area contributed by atoms with E-state index in [4.69, 9.17) is 11.6 Å². The van der Waals surface area contributed by atoms with Crippen LogP contribution in [0.4, 0.5) is 4.39 Å². The van der Waals surface area contributed by atoms with E-state index in [1.165, 1.54) is 6.92 Å². The molecule has 88 valence electrons. The van der Waals surface area contributed by atoms with Gasteiger partial charge in [0.25, 0.3) is 5.56 Å². The average Bonchev–Trinajstić information content (AvgIpc) is 2.25. The van der Waals surface area contributed by atoms with Crippen LogP contribution in [0.2, 0.25) is 5.02 Å². The summed E-state index contributed by atoms with van der Waals surface area (Å²) >= 11 is 9.30. The number of rotatable bonds is 1. The van der Waals surface area contributed by atoms with Crippen molar-refractivity contribution >= 4 is 27.5 Å². The van der Waals surface area contributed by atoms with Gasteiger partial charge in [0.2, 0.25) is 5.82 Å². The number of hydrogen-bond acceptors (Lipinski definition) is 2. The molecule has 1 heterocycles. The van der Waals surface area contributed by atoms with Crippen LogP contribution in [-0.2, 0) is 0 Å². The lowest BCUT2D eigenvalue weighted by molar-refractivity contribution is 0.589. The molecular weight excluding hydrogens is 310 g/mol. The molecule has 0 radical (unpaired) electrons. The summed E-state index contributed by atoms with van der Waals surface area (Å²) in [5.41, 5.74) is -0.204. The molecule has 0 bridgehead atoms. The second-order valence-electron chi connectivity index (χ2n) is 3.44. The van der Waals surface area contributed by atoms with E-state index >= 15 is 0 Å². The Morgan fingerprint density at radius 2 is 2.18 bits per heavy atom. The summed E-state index contributed by atoms with van der Waals surface area (Å²) in [5.74, 6) is -0.617. The summed E-state index contributed by atoms with van der Waals surface area (Å²) in [4.78, 5) is 17.6. The van der Waals surface area contributed by atoms with Crippen molar-refractivity contribution in [3.05, 3.63) is 49.6 Å². The first-order valence-corrected chi connectivity index (χ1v) is 5.88. The summed E-state index contributed by atoms with van der Waals surface area (Å²) in [5, 5.41) is 0.425. The zero-order valence-corrected chi connectivity index (χ0v) is 11.1. The molecule has 0 unspecified atom stereocenters. The molecule has 0 aliphatic carbocycles. The number of aryl methyl sites for hydroxylation is 1. The lowest BCUT2D eigenvalue weighted by Gasteiger charge is -2.05. The second-order valence-corrected chi connectivity index (χ2v) is 4.76. The molecule has 1 N–H and O–H groups in total. The highest BCUT2D eigenvalue weighted by Gasteiger charge is 2.11. The van der Waals surface area contributed by atoms with Gasteiger partial charge in [-0.25, -0.2) is 4.98 Å². The molecule has 0 spiro atoms. The van der Waals surface area contributed by atoms with Crippen LogP contribution in [0.3, 0.4) is 0 Å². The molecule has 0 saturated carbocycles. The van der Waals surface area contributed by atoms with Gasteiger partial charge in [-0.1, -0.05) is 27.5 Å². The van der Waals surface area contributed by atoms with Crippen molar-refractivity contribution in [2.24, 2.45) is 0 Å². The number of hydrogen-bond donors (Lipinski definition) is 1. The van der Waals surface area contributed by atoms with Gasteiger partial charge in [0.1, 0.15) is 5.82 Å². The van der Waals surface area contributed by atoms with Crippen molar-refractivity contribution < 1.29 is 4.39 Å². The minimum Gasteiger partial charge on any atom is -0.304 e. The van der Waals surface area contributed by atoms with Gasteiger partial charge in [0, 0.05) is 10.0 Å². The summed E-state index contributed by atoms with van der Waals surface area (Å²) in [6.45, 7) is 1.43. The fourth-order valence-electron chi connectivity index (χ4n) is 1.38. The zero-order valence-electron chi connectivity index (χ0n) is 8.72. The Hall–Kier alpha value is -1.20. The van der Waals surface area contributed by atoms with E-state index in [9.17, 15) is 9.18 Å². The summed E-state index contributed by atoms with van der Waals surface area (Å²) in [7, 11) is 0. The van der Waals surface area contributed by atoms with Crippen molar-refractivity contribution in [3.63, 3.8) is 0 Å². The van der Waals surface area contributed by atoms with Crippen LogP contribution in [0, 0.1) is 12.7 Å². The number of benzene rings is 1. The summed E-state index contributed by atoms with van der Waals surface area (Å²) in [6, 6.07) is 5.14. The van der Waals surface area contributed by atoms with Crippen LogP contribution in [0.1, 0.15) is 5.69 Å². The number of aromatic amines is 1. The van der Waals surface area contributed by atoms with Gasteiger partial charge in [-0.15, -0.1) is 0 Å². The van der Waals surface area contributed by atoms with Gasteiger partial charge in [-0.2, -0.15) is 4.39 Å². The normalized spacial score (nSPS) is 10.6. The molecule has 0 saturated heterocycles. The van der Waals surface area contributed by atoms with E-state index in [-0.39, 0.29) is 11.5 Å². The van der Waals surface area contributed by atoms with Crippen molar-refractivity contribution in [2.45, 2.75) is 6.92 Å². The lowest BCUT2D eigenvalue weighted by atomic mass is 10.2. The van der Waals surface area contributed by atoms with Crippen LogP contribution < -0.4 is 5.56 Å². The molecule has 1 aromatic carbocycles. The minimum absolute atomic E-state index is 0.0442. The highest BCUT2D eigenvalue weighted by molar-refractivity contribution is 9.10. The molecule has 1 aromatic heterocycles. The van der Waals surface area contributed by atoms with E-state index in [1.54, 1.807) is 18.2 Å². The topological polar surface area (TPSA) is 45.8 Å². The smallest absolute Gasteiger partial charge is 0.287 e. The number of halogens is 3. The highest BCUT2D eigenvalue weighted by Crippen LogP contribution is 2.27. The molecule has 17 heavy (non-hydrogen) atoms. The lowest BCUT2D eigenvalue weighted by Crippen LogP contribution is -2.15. The Bertz CT molecular complexity index is 642. The van der Waals surface area contributed by atoms with Crippen molar-refractivity contribution in [1.29, 1.82) is 0 Å². The third-order valence-corrected chi connectivity index (χ3v) is 3.02. The second kappa shape index (κ2) is 4.58. The fraction of sp³-hybridized carbons (Fsp3) is 0.0909. The zero-order chi connectivity index (χ0) is 12.6. The molecule has 2 rings (SSSR count). The highest BCUT2D eigenvalue weighted by atomic mass is 79.9. The van der Waals surface area contributed by atoms with Crippen molar-refractivity contribution in [1.82, 2.24) is 9.97 Å². The Morgan fingerprint density at radius 3 is 2.76 bits per heavy atom. The molecule has 6 heteroatoms. The number of nitrogens with one attached hydrogen (secondary N) is 1. The van der Waals surface area contributed by atoms with E-state index in [2.05, 4.69) is 25.9 Å².